The van der Waals surface area contributed by atoms with Gasteiger partial charge in [0.1, 0.15) is 0 Å². The van der Waals surface area contributed by atoms with Gasteiger partial charge >= 0.3 is 0 Å². The number of nitrogens with zero attached hydrogens (tertiary/aromatic N) is 2. The number of hydrogen-bond donors (Lipinski definition) is 2. The van der Waals surface area contributed by atoms with E-state index in [-0.39, 0.29) is 0 Å². The molecule has 1 heterocycles. The van der Waals surface area contributed by atoms with Crippen LogP contribution in [-0.4, -0.2) is 35.7 Å². The van der Waals surface area contributed by atoms with Crippen molar-refractivity contribution in [3.05, 3.63) is 11.8 Å². The van der Waals surface area contributed by atoms with Crippen molar-refractivity contribution in [2.75, 3.05) is 25.0 Å². The molecule has 0 amide bonds. The van der Waals surface area contributed by atoms with E-state index in [4.69, 9.17) is 4.74 Å². The summed E-state index contributed by atoms with van der Waals surface area (Å²) in [5, 5.41) is 6.66. The van der Waals surface area contributed by atoms with Gasteiger partial charge in [-0.2, -0.15) is 4.98 Å². The van der Waals surface area contributed by atoms with E-state index in [1.807, 2.05) is 13.0 Å². The molecule has 0 saturated heterocycles. The van der Waals surface area contributed by atoms with Crippen LogP contribution in [0.5, 0.6) is 5.88 Å². The summed E-state index contributed by atoms with van der Waals surface area (Å²) in [5.74, 6) is 1.31. The lowest BCUT2D eigenvalue weighted by molar-refractivity contribution is 0.305. The van der Waals surface area contributed by atoms with Crippen LogP contribution >= 0.6 is 0 Å². The van der Waals surface area contributed by atoms with Gasteiger partial charge in [0.05, 0.1) is 6.61 Å². The molecule has 18 heavy (non-hydrogen) atoms. The van der Waals surface area contributed by atoms with E-state index in [0.717, 1.165) is 31.2 Å². The van der Waals surface area contributed by atoms with Crippen LogP contribution in [0.2, 0.25) is 0 Å². The molecule has 2 rings (SSSR count). The summed E-state index contributed by atoms with van der Waals surface area (Å²) in [7, 11) is 0. The van der Waals surface area contributed by atoms with Crippen LogP contribution in [0.4, 0.5) is 5.95 Å². The first-order valence-corrected chi connectivity index (χ1v) is 6.73. The highest BCUT2D eigenvalue weighted by atomic mass is 16.5. The second kappa shape index (κ2) is 6.54. The highest BCUT2D eigenvalue weighted by molar-refractivity contribution is 5.30. The molecule has 0 spiro atoms. The lowest BCUT2D eigenvalue weighted by atomic mass is 10.4. The highest BCUT2D eigenvalue weighted by Crippen LogP contribution is 2.18. The van der Waals surface area contributed by atoms with Crippen molar-refractivity contribution in [2.45, 2.75) is 39.2 Å². The normalized spacial score (nSPS) is 14.6. The average molecular weight is 250 g/mol. The van der Waals surface area contributed by atoms with Gasteiger partial charge in [-0.25, -0.2) is 4.98 Å². The number of aryl methyl sites for hydroxylation is 1. The molecule has 1 aromatic heterocycles. The van der Waals surface area contributed by atoms with Crippen molar-refractivity contribution < 1.29 is 4.74 Å². The number of aromatic nitrogens is 2. The minimum absolute atomic E-state index is 0.652. The van der Waals surface area contributed by atoms with Crippen LogP contribution in [0.1, 0.15) is 31.9 Å². The predicted octanol–water partition coefficient (Wildman–Crippen LogP) is 1.74. The standard InChI is InChI=1S/C13H22N4O/c1-3-8-18-12-9-10(2)16-13(17-12)15-7-6-14-11-4-5-11/h9,11,14H,3-8H2,1-2H3,(H,15,16,17). The molecule has 0 atom stereocenters. The third kappa shape index (κ3) is 4.49. The van der Waals surface area contributed by atoms with Crippen LogP contribution in [0.25, 0.3) is 0 Å². The first kappa shape index (κ1) is 13.1. The molecule has 2 N–H and O–H groups in total. The first-order valence-electron chi connectivity index (χ1n) is 6.73. The topological polar surface area (TPSA) is 59.1 Å². The Labute approximate surface area is 108 Å². The fourth-order valence-corrected chi connectivity index (χ4v) is 1.64. The number of hydrogen-bond acceptors (Lipinski definition) is 5. The van der Waals surface area contributed by atoms with E-state index in [2.05, 4.69) is 27.5 Å². The van der Waals surface area contributed by atoms with Crippen molar-refractivity contribution in [1.29, 1.82) is 0 Å². The van der Waals surface area contributed by atoms with E-state index in [0.29, 0.717) is 18.4 Å². The third-order valence-corrected chi connectivity index (χ3v) is 2.70. The Bertz CT molecular complexity index is 379. The quantitative estimate of drug-likeness (QED) is 0.688. The molecule has 1 fully saturated rings. The van der Waals surface area contributed by atoms with Crippen LogP contribution < -0.4 is 15.4 Å². The van der Waals surface area contributed by atoms with Crippen molar-refractivity contribution in [2.24, 2.45) is 0 Å². The number of nitrogens with one attached hydrogen (secondary N) is 2. The Morgan fingerprint density at radius 2 is 2.17 bits per heavy atom. The van der Waals surface area contributed by atoms with Gasteiger partial charge in [-0.1, -0.05) is 6.92 Å². The zero-order valence-electron chi connectivity index (χ0n) is 11.2. The zero-order valence-corrected chi connectivity index (χ0v) is 11.2. The smallest absolute Gasteiger partial charge is 0.226 e. The molecule has 0 radical (unpaired) electrons. The van der Waals surface area contributed by atoms with Crippen LogP contribution in [0, 0.1) is 6.92 Å². The molecule has 0 aromatic carbocycles. The van der Waals surface area contributed by atoms with Crippen molar-refractivity contribution >= 4 is 5.95 Å². The van der Waals surface area contributed by atoms with Gasteiger partial charge in [-0.3, -0.25) is 0 Å². The van der Waals surface area contributed by atoms with Gasteiger partial charge in [0.2, 0.25) is 11.8 Å². The molecule has 1 aliphatic carbocycles. The van der Waals surface area contributed by atoms with Crippen molar-refractivity contribution in [1.82, 2.24) is 15.3 Å². The molecule has 1 aromatic rings. The number of rotatable bonds is 8. The van der Waals surface area contributed by atoms with E-state index in [1.165, 1.54) is 12.8 Å². The van der Waals surface area contributed by atoms with Crippen molar-refractivity contribution in [3.63, 3.8) is 0 Å². The summed E-state index contributed by atoms with van der Waals surface area (Å²) >= 11 is 0. The molecule has 100 valence electrons. The Kier molecular flexibility index (Phi) is 4.75. The molecular weight excluding hydrogens is 228 g/mol. The second-order valence-corrected chi connectivity index (χ2v) is 4.67. The molecule has 5 heteroatoms. The SMILES string of the molecule is CCCOc1cc(C)nc(NCCNC2CC2)n1. The van der Waals surface area contributed by atoms with Crippen LogP contribution in [-0.2, 0) is 0 Å². The Hall–Kier alpha value is -1.36. The van der Waals surface area contributed by atoms with Crippen LogP contribution in [0.15, 0.2) is 6.07 Å². The fraction of sp³-hybridized carbons (Fsp3) is 0.692. The lowest BCUT2D eigenvalue weighted by Crippen LogP contribution is -2.24. The number of anilines is 1. The van der Waals surface area contributed by atoms with Gasteiger partial charge < -0.3 is 15.4 Å². The minimum atomic E-state index is 0.652. The molecular formula is C13H22N4O. The second-order valence-electron chi connectivity index (χ2n) is 4.67. The molecule has 0 bridgehead atoms. The maximum Gasteiger partial charge on any atom is 0.226 e. The summed E-state index contributed by atoms with van der Waals surface area (Å²) in [6.07, 6.45) is 3.61. The summed E-state index contributed by atoms with van der Waals surface area (Å²) in [6.45, 7) is 6.52. The van der Waals surface area contributed by atoms with E-state index >= 15 is 0 Å². The maximum absolute atomic E-state index is 5.52. The molecule has 1 saturated carbocycles. The maximum atomic E-state index is 5.52. The average Bonchev–Trinajstić information content (AvgIpc) is 3.15. The summed E-state index contributed by atoms with van der Waals surface area (Å²) in [6, 6.07) is 2.61. The third-order valence-electron chi connectivity index (χ3n) is 2.70. The Morgan fingerprint density at radius 3 is 2.89 bits per heavy atom. The molecule has 0 unspecified atom stereocenters. The molecule has 0 aliphatic heterocycles. The minimum Gasteiger partial charge on any atom is -0.478 e. The number of ether oxygens (including phenoxy) is 1. The van der Waals surface area contributed by atoms with Gasteiger partial charge in [0.15, 0.2) is 0 Å². The van der Waals surface area contributed by atoms with E-state index in [1.54, 1.807) is 0 Å². The Morgan fingerprint density at radius 1 is 1.33 bits per heavy atom. The highest BCUT2D eigenvalue weighted by Gasteiger charge is 2.19. The largest absolute Gasteiger partial charge is 0.478 e. The summed E-state index contributed by atoms with van der Waals surface area (Å²) in [5.41, 5.74) is 0.925. The van der Waals surface area contributed by atoms with Crippen LogP contribution in [0.3, 0.4) is 0 Å². The van der Waals surface area contributed by atoms with Crippen molar-refractivity contribution in [3.8, 4) is 5.88 Å². The lowest BCUT2D eigenvalue weighted by Gasteiger charge is -2.09. The Balaban J connectivity index is 1.79. The predicted molar refractivity (Wildman–Crippen MR) is 72.1 cm³/mol. The summed E-state index contributed by atoms with van der Waals surface area (Å²) in [4.78, 5) is 8.68. The van der Waals surface area contributed by atoms with Gasteiger partial charge in [-0.15, -0.1) is 0 Å². The molecule has 1 aliphatic rings. The molecule has 5 nitrogen and oxygen atoms in total. The monoisotopic (exact) mass is 250 g/mol. The van der Waals surface area contributed by atoms with Gasteiger partial charge in [0.25, 0.3) is 0 Å². The summed E-state index contributed by atoms with van der Waals surface area (Å²) < 4.78 is 5.52. The van der Waals surface area contributed by atoms with Gasteiger partial charge in [0, 0.05) is 30.9 Å². The van der Waals surface area contributed by atoms with E-state index < -0.39 is 0 Å². The van der Waals surface area contributed by atoms with Gasteiger partial charge in [-0.05, 0) is 26.2 Å². The first-order chi connectivity index (χ1) is 8.78. The zero-order chi connectivity index (χ0) is 12.8. The fourth-order valence-electron chi connectivity index (χ4n) is 1.64. The van der Waals surface area contributed by atoms with E-state index in [9.17, 15) is 0 Å².